The van der Waals surface area contributed by atoms with Crippen LogP contribution in [0.1, 0.15) is 27.2 Å². The molecular weight excluding hydrogens is 174 g/mol. The summed E-state index contributed by atoms with van der Waals surface area (Å²) in [6, 6.07) is 0. The quantitative estimate of drug-likeness (QED) is 0.699. The van der Waals surface area contributed by atoms with E-state index in [1.54, 1.807) is 0 Å². The maximum absolute atomic E-state index is 3.53. The van der Waals surface area contributed by atoms with Gasteiger partial charge in [0.25, 0.3) is 0 Å². The van der Waals surface area contributed by atoms with Crippen molar-refractivity contribution in [3.8, 4) is 0 Å². The van der Waals surface area contributed by atoms with E-state index in [1.807, 2.05) is 0 Å². The zero-order valence-electron chi connectivity index (χ0n) is 9.90. The fourth-order valence-corrected chi connectivity index (χ4v) is 1.71. The van der Waals surface area contributed by atoms with Crippen molar-refractivity contribution >= 4 is 0 Å². The second kappa shape index (κ2) is 5.69. The van der Waals surface area contributed by atoms with Crippen molar-refractivity contribution < 1.29 is 0 Å². The summed E-state index contributed by atoms with van der Waals surface area (Å²) in [4.78, 5) is 2.54. The summed E-state index contributed by atoms with van der Waals surface area (Å²) in [6.07, 6.45) is 1.29. The van der Waals surface area contributed by atoms with Crippen molar-refractivity contribution in [3.63, 3.8) is 0 Å². The van der Waals surface area contributed by atoms with Crippen LogP contribution in [0.4, 0.5) is 0 Å². The molecule has 2 N–H and O–H groups in total. The Morgan fingerprint density at radius 1 is 1.21 bits per heavy atom. The molecule has 0 unspecified atom stereocenters. The minimum atomic E-state index is 0.254. The van der Waals surface area contributed by atoms with Crippen LogP contribution in [0.2, 0.25) is 0 Å². The standard InChI is InChI=1S/C11H25N3/c1-11(2,3)13-7-10-14-8-4-5-12-6-9-14/h12-13H,4-10H2,1-3H3. The molecule has 0 radical (unpaired) electrons. The van der Waals surface area contributed by atoms with E-state index in [9.17, 15) is 0 Å². The lowest BCUT2D eigenvalue weighted by atomic mass is 10.1. The maximum atomic E-state index is 3.53. The van der Waals surface area contributed by atoms with Crippen molar-refractivity contribution in [2.45, 2.75) is 32.7 Å². The van der Waals surface area contributed by atoms with Gasteiger partial charge in [0.1, 0.15) is 0 Å². The second-order valence-electron chi connectivity index (χ2n) is 5.12. The van der Waals surface area contributed by atoms with Gasteiger partial charge >= 0.3 is 0 Å². The van der Waals surface area contributed by atoms with E-state index < -0.39 is 0 Å². The summed E-state index contributed by atoms with van der Waals surface area (Å²) < 4.78 is 0. The first kappa shape index (κ1) is 12.0. The van der Waals surface area contributed by atoms with Crippen molar-refractivity contribution in [1.82, 2.24) is 15.5 Å². The topological polar surface area (TPSA) is 27.3 Å². The number of hydrogen-bond donors (Lipinski definition) is 2. The minimum absolute atomic E-state index is 0.254. The smallest absolute Gasteiger partial charge is 0.0108 e. The van der Waals surface area contributed by atoms with Crippen LogP contribution in [0.25, 0.3) is 0 Å². The summed E-state index contributed by atoms with van der Waals surface area (Å²) >= 11 is 0. The average molecular weight is 199 g/mol. The van der Waals surface area contributed by atoms with Gasteiger partial charge in [-0.1, -0.05) is 0 Å². The molecule has 1 rings (SSSR count). The lowest BCUT2D eigenvalue weighted by Gasteiger charge is -2.24. The largest absolute Gasteiger partial charge is 0.315 e. The van der Waals surface area contributed by atoms with Crippen molar-refractivity contribution in [1.29, 1.82) is 0 Å². The number of rotatable bonds is 3. The number of hydrogen-bond acceptors (Lipinski definition) is 3. The Balaban J connectivity index is 2.10. The molecule has 0 saturated carbocycles. The molecule has 14 heavy (non-hydrogen) atoms. The Morgan fingerprint density at radius 3 is 2.71 bits per heavy atom. The van der Waals surface area contributed by atoms with Crippen molar-refractivity contribution in [2.75, 3.05) is 39.3 Å². The zero-order chi connectivity index (χ0) is 10.4. The molecular formula is C11H25N3. The third-order valence-corrected chi connectivity index (χ3v) is 2.52. The van der Waals surface area contributed by atoms with Crippen LogP contribution in [0.5, 0.6) is 0 Å². The van der Waals surface area contributed by atoms with Crippen molar-refractivity contribution in [3.05, 3.63) is 0 Å². The molecule has 0 aromatic rings. The highest BCUT2D eigenvalue weighted by Gasteiger charge is 2.11. The normalized spacial score (nSPS) is 20.8. The first-order valence-corrected chi connectivity index (χ1v) is 5.76. The van der Waals surface area contributed by atoms with Crippen LogP contribution in [0, 0.1) is 0 Å². The molecule has 1 aliphatic rings. The van der Waals surface area contributed by atoms with Gasteiger partial charge in [-0.2, -0.15) is 0 Å². The predicted molar refractivity (Wildman–Crippen MR) is 61.7 cm³/mol. The summed E-state index contributed by atoms with van der Waals surface area (Å²) in [5.41, 5.74) is 0.254. The first-order chi connectivity index (χ1) is 6.58. The van der Waals surface area contributed by atoms with Gasteiger partial charge in [-0.25, -0.2) is 0 Å². The van der Waals surface area contributed by atoms with Crippen LogP contribution >= 0.6 is 0 Å². The average Bonchev–Trinajstić information content (AvgIpc) is 2.30. The van der Waals surface area contributed by atoms with E-state index >= 15 is 0 Å². The van der Waals surface area contributed by atoms with E-state index in [2.05, 4.69) is 36.3 Å². The van der Waals surface area contributed by atoms with Gasteiger partial charge in [0.2, 0.25) is 0 Å². The summed E-state index contributed by atoms with van der Waals surface area (Å²) in [5, 5.41) is 6.95. The van der Waals surface area contributed by atoms with Gasteiger partial charge in [0.15, 0.2) is 0 Å². The van der Waals surface area contributed by atoms with Crippen LogP contribution < -0.4 is 10.6 Å². The molecule has 3 heteroatoms. The Kier molecular flexibility index (Phi) is 4.85. The Bertz CT molecular complexity index is 143. The minimum Gasteiger partial charge on any atom is -0.315 e. The summed E-state index contributed by atoms with van der Waals surface area (Å²) in [6.45, 7) is 13.7. The van der Waals surface area contributed by atoms with Gasteiger partial charge in [0, 0.05) is 31.7 Å². The number of nitrogens with one attached hydrogen (secondary N) is 2. The highest BCUT2D eigenvalue weighted by molar-refractivity contribution is 4.72. The summed E-state index contributed by atoms with van der Waals surface area (Å²) in [5.74, 6) is 0. The lowest BCUT2D eigenvalue weighted by molar-refractivity contribution is 0.277. The molecule has 1 heterocycles. The fourth-order valence-electron chi connectivity index (χ4n) is 1.71. The van der Waals surface area contributed by atoms with Crippen molar-refractivity contribution in [2.24, 2.45) is 0 Å². The third-order valence-electron chi connectivity index (χ3n) is 2.52. The molecule has 0 aromatic heterocycles. The van der Waals surface area contributed by atoms with Crippen LogP contribution in [-0.2, 0) is 0 Å². The van der Waals surface area contributed by atoms with Gasteiger partial charge < -0.3 is 15.5 Å². The molecule has 3 nitrogen and oxygen atoms in total. The molecule has 0 bridgehead atoms. The molecule has 1 aliphatic heterocycles. The SMILES string of the molecule is CC(C)(C)NCCN1CCCNCC1. The highest BCUT2D eigenvalue weighted by atomic mass is 15.2. The van der Waals surface area contributed by atoms with Crippen LogP contribution in [0.3, 0.4) is 0 Å². The highest BCUT2D eigenvalue weighted by Crippen LogP contribution is 1.98. The van der Waals surface area contributed by atoms with E-state index in [0.29, 0.717) is 0 Å². The monoisotopic (exact) mass is 199 g/mol. The zero-order valence-corrected chi connectivity index (χ0v) is 9.90. The molecule has 84 valence electrons. The molecule has 0 spiro atoms. The molecule has 0 amide bonds. The molecule has 1 fully saturated rings. The molecule has 0 aromatic carbocycles. The van der Waals surface area contributed by atoms with E-state index in [1.165, 1.54) is 32.6 Å². The maximum Gasteiger partial charge on any atom is 0.0108 e. The van der Waals surface area contributed by atoms with Gasteiger partial charge in [-0.15, -0.1) is 0 Å². The van der Waals surface area contributed by atoms with Crippen LogP contribution in [0.15, 0.2) is 0 Å². The third kappa shape index (κ3) is 5.58. The number of nitrogens with zero attached hydrogens (tertiary/aromatic N) is 1. The second-order valence-corrected chi connectivity index (χ2v) is 5.12. The Morgan fingerprint density at radius 2 is 2.00 bits per heavy atom. The van der Waals surface area contributed by atoms with E-state index in [4.69, 9.17) is 0 Å². The summed E-state index contributed by atoms with van der Waals surface area (Å²) in [7, 11) is 0. The molecule has 0 aliphatic carbocycles. The lowest BCUT2D eigenvalue weighted by Crippen LogP contribution is -2.42. The molecule has 1 saturated heterocycles. The first-order valence-electron chi connectivity index (χ1n) is 5.76. The van der Waals surface area contributed by atoms with Gasteiger partial charge in [-0.05, 0) is 40.3 Å². The van der Waals surface area contributed by atoms with Gasteiger partial charge in [0.05, 0.1) is 0 Å². The predicted octanol–water partition coefficient (Wildman–Crippen LogP) is 0.670. The Hall–Kier alpha value is -0.120. The fraction of sp³-hybridized carbons (Fsp3) is 1.00. The van der Waals surface area contributed by atoms with E-state index in [-0.39, 0.29) is 5.54 Å². The molecule has 0 atom stereocenters. The Labute approximate surface area is 88.2 Å². The van der Waals surface area contributed by atoms with Gasteiger partial charge in [-0.3, -0.25) is 0 Å². The van der Waals surface area contributed by atoms with Crippen LogP contribution in [-0.4, -0.2) is 49.7 Å². The van der Waals surface area contributed by atoms with E-state index in [0.717, 1.165) is 13.1 Å².